The summed E-state index contributed by atoms with van der Waals surface area (Å²) in [5, 5.41) is 3.19. The zero-order valence-electron chi connectivity index (χ0n) is 12.2. The smallest absolute Gasteiger partial charge is 0.133 e. The maximum atomic E-state index is 4.55. The van der Waals surface area contributed by atoms with Gasteiger partial charge in [-0.05, 0) is 41.5 Å². The normalized spacial score (nSPS) is 10.6. The third-order valence-corrected chi connectivity index (χ3v) is 3.57. The van der Waals surface area contributed by atoms with Crippen LogP contribution in [0, 0.1) is 6.92 Å². The highest BCUT2D eigenvalue weighted by atomic mass is 79.9. The summed E-state index contributed by atoms with van der Waals surface area (Å²) < 4.78 is 1.01. The van der Waals surface area contributed by atoms with Crippen molar-refractivity contribution in [3.05, 3.63) is 57.7 Å². The van der Waals surface area contributed by atoms with Crippen molar-refractivity contribution in [1.29, 1.82) is 0 Å². The van der Waals surface area contributed by atoms with E-state index in [9.17, 15) is 0 Å². The van der Waals surface area contributed by atoms with Gasteiger partial charge in [0, 0.05) is 36.4 Å². The third-order valence-electron chi connectivity index (χ3n) is 3.14. The molecule has 1 N–H and O–H groups in total. The lowest BCUT2D eigenvalue weighted by molar-refractivity contribution is 0.794. The number of aryl methyl sites for hydroxylation is 1. The third kappa shape index (κ3) is 3.81. The number of nitrogens with one attached hydrogen (secondary N) is 1. The van der Waals surface area contributed by atoms with Gasteiger partial charge in [-0.1, -0.05) is 29.8 Å². The Balaban J connectivity index is 2.22. The molecule has 0 fully saturated rings. The van der Waals surface area contributed by atoms with E-state index in [0.29, 0.717) is 0 Å². The van der Waals surface area contributed by atoms with Gasteiger partial charge in [-0.25, -0.2) is 4.98 Å². The van der Waals surface area contributed by atoms with Gasteiger partial charge in [-0.2, -0.15) is 0 Å². The van der Waals surface area contributed by atoms with Gasteiger partial charge in [-0.15, -0.1) is 0 Å². The van der Waals surface area contributed by atoms with Gasteiger partial charge in [0.05, 0.1) is 0 Å². The predicted octanol–water partition coefficient (Wildman–Crippen LogP) is 3.51. The minimum Gasteiger partial charge on any atom is -0.355 e. The molecule has 0 spiro atoms. The number of hydrogen-bond donors (Lipinski definition) is 1. The van der Waals surface area contributed by atoms with Crippen molar-refractivity contribution in [3.8, 4) is 0 Å². The molecular weight excluding hydrogens is 314 g/mol. The summed E-state index contributed by atoms with van der Waals surface area (Å²) in [6.07, 6.45) is 1.85. The van der Waals surface area contributed by atoms with Gasteiger partial charge in [0.25, 0.3) is 0 Å². The first kappa shape index (κ1) is 15.0. The fourth-order valence-electron chi connectivity index (χ4n) is 2.30. The molecule has 1 heterocycles. The lowest BCUT2D eigenvalue weighted by atomic mass is 10.1. The lowest BCUT2D eigenvalue weighted by Crippen LogP contribution is -2.21. The van der Waals surface area contributed by atoms with Gasteiger partial charge in [0.1, 0.15) is 5.82 Å². The van der Waals surface area contributed by atoms with Gasteiger partial charge in [-0.3, -0.25) is 0 Å². The zero-order chi connectivity index (χ0) is 14.5. The van der Waals surface area contributed by atoms with Crippen molar-refractivity contribution in [2.45, 2.75) is 20.0 Å². The molecule has 2 aromatic rings. The van der Waals surface area contributed by atoms with Crippen LogP contribution in [0.4, 0.5) is 5.82 Å². The minimum absolute atomic E-state index is 0.805. The van der Waals surface area contributed by atoms with Crippen LogP contribution in [-0.2, 0) is 13.1 Å². The van der Waals surface area contributed by atoms with E-state index in [2.05, 4.69) is 75.4 Å². The van der Waals surface area contributed by atoms with Gasteiger partial charge < -0.3 is 10.2 Å². The van der Waals surface area contributed by atoms with Crippen LogP contribution in [0.5, 0.6) is 0 Å². The molecule has 3 nitrogen and oxygen atoms in total. The number of hydrogen-bond acceptors (Lipinski definition) is 3. The van der Waals surface area contributed by atoms with E-state index in [0.717, 1.165) is 23.4 Å². The summed E-state index contributed by atoms with van der Waals surface area (Å²) in [5.74, 6) is 1.02. The van der Waals surface area contributed by atoms with Crippen LogP contribution in [0.1, 0.15) is 16.7 Å². The molecule has 0 aliphatic carbocycles. The van der Waals surface area contributed by atoms with Crippen molar-refractivity contribution in [2.75, 3.05) is 19.0 Å². The number of halogens is 1. The molecule has 0 amide bonds. The van der Waals surface area contributed by atoms with E-state index < -0.39 is 0 Å². The summed E-state index contributed by atoms with van der Waals surface area (Å²) in [6, 6.07) is 10.7. The number of rotatable bonds is 5. The van der Waals surface area contributed by atoms with E-state index in [1.807, 2.05) is 13.2 Å². The molecule has 0 atom stereocenters. The number of pyridine rings is 1. The Morgan fingerprint density at radius 1 is 1.30 bits per heavy atom. The molecular formula is C16H20BrN3. The largest absolute Gasteiger partial charge is 0.355 e. The Kier molecular flexibility index (Phi) is 5.15. The fourth-order valence-corrected chi connectivity index (χ4v) is 2.68. The van der Waals surface area contributed by atoms with Crippen molar-refractivity contribution >= 4 is 21.7 Å². The Morgan fingerprint density at radius 3 is 2.80 bits per heavy atom. The monoisotopic (exact) mass is 333 g/mol. The lowest BCUT2D eigenvalue weighted by Gasteiger charge is -2.21. The van der Waals surface area contributed by atoms with Crippen molar-refractivity contribution in [1.82, 2.24) is 10.3 Å². The Morgan fingerprint density at radius 2 is 2.10 bits per heavy atom. The van der Waals surface area contributed by atoms with E-state index in [-0.39, 0.29) is 0 Å². The minimum atomic E-state index is 0.805. The summed E-state index contributed by atoms with van der Waals surface area (Å²) in [4.78, 5) is 6.74. The van der Waals surface area contributed by atoms with Crippen LogP contribution >= 0.6 is 15.9 Å². The van der Waals surface area contributed by atoms with Gasteiger partial charge in [0.2, 0.25) is 0 Å². The average Bonchev–Trinajstić information content (AvgIpc) is 2.39. The number of anilines is 1. The highest BCUT2D eigenvalue weighted by Gasteiger charge is 2.10. The molecule has 106 valence electrons. The highest BCUT2D eigenvalue weighted by Crippen LogP contribution is 2.22. The Hall–Kier alpha value is -1.39. The van der Waals surface area contributed by atoms with E-state index in [1.165, 1.54) is 16.7 Å². The highest BCUT2D eigenvalue weighted by molar-refractivity contribution is 9.10. The standard InChI is InChI=1S/C16H20BrN3/c1-12-5-4-6-13(7-12)11-20(3)16-14(9-18-2)8-15(17)10-19-16/h4-8,10,18H,9,11H2,1-3H3. The molecule has 2 rings (SSSR count). The van der Waals surface area contributed by atoms with Crippen molar-refractivity contribution < 1.29 is 0 Å². The molecule has 0 bridgehead atoms. The molecule has 0 aliphatic heterocycles. The van der Waals surface area contributed by atoms with E-state index >= 15 is 0 Å². The first-order valence-electron chi connectivity index (χ1n) is 6.66. The molecule has 0 aliphatic rings. The van der Waals surface area contributed by atoms with Crippen LogP contribution in [0.15, 0.2) is 41.0 Å². The maximum absolute atomic E-state index is 4.55. The van der Waals surface area contributed by atoms with Crippen molar-refractivity contribution in [2.24, 2.45) is 0 Å². The molecule has 1 aromatic heterocycles. The second-order valence-electron chi connectivity index (χ2n) is 5.01. The molecule has 0 radical (unpaired) electrons. The summed E-state index contributed by atoms with van der Waals surface area (Å²) in [7, 11) is 4.03. The van der Waals surface area contributed by atoms with E-state index in [1.54, 1.807) is 0 Å². The van der Waals surface area contributed by atoms with E-state index in [4.69, 9.17) is 0 Å². The topological polar surface area (TPSA) is 28.2 Å². The first-order chi connectivity index (χ1) is 9.60. The second kappa shape index (κ2) is 6.86. The Bertz CT molecular complexity index is 584. The molecule has 0 saturated heterocycles. The first-order valence-corrected chi connectivity index (χ1v) is 7.45. The quantitative estimate of drug-likeness (QED) is 0.907. The molecule has 4 heteroatoms. The van der Waals surface area contributed by atoms with Crippen LogP contribution in [0.25, 0.3) is 0 Å². The number of benzene rings is 1. The molecule has 1 aromatic carbocycles. The molecule has 0 unspecified atom stereocenters. The van der Waals surface area contributed by atoms with Gasteiger partial charge in [0.15, 0.2) is 0 Å². The maximum Gasteiger partial charge on any atom is 0.133 e. The number of nitrogens with zero attached hydrogens (tertiary/aromatic N) is 2. The SMILES string of the molecule is CNCc1cc(Br)cnc1N(C)Cc1cccc(C)c1. The van der Waals surface area contributed by atoms with Crippen molar-refractivity contribution in [3.63, 3.8) is 0 Å². The van der Waals surface area contributed by atoms with Crippen LogP contribution < -0.4 is 10.2 Å². The molecule has 20 heavy (non-hydrogen) atoms. The van der Waals surface area contributed by atoms with Gasteiger partial charge >= 0.3 is 0 Å². The van der Waals surface area contributed by atoms with Crippen LogP contribution in [-0.4, -0.2) is 19.1 Å². The summed E-state index contributed by atoms with van der Waals surface area (Å²) >= 11 is 3.48. The average molecular weight is 334 g/mol. The zero-order valence-corrected chi connectivity index (χ0v) is 13.7. The Labute approximate surface area is 129 Å². The summed E-state index contributed by atoms with van der Waals surface area (Å²) in [5.41, 5.74) is 3.78. The predicted molar refractivity (Wildman–Crippen MR) is 88.0 cm³/mol. The number of aromatic nitrogens is 1. The fraction of sp³-hybridized carbons (Fsp3) is 0.312. The van der Waals surface area contributed by atoms with Crippen LogP contribution in [0.2, 0.25) is 0 Å². The molecule has 0 saturated carbocycles. The second-order valence-corrected chi connectivity index (χ2v) is 5.93. The van der Waals surface area contributed by atoms with Crippen LogP contribution in [0.3, 0.4) is 0 Å². The summed E-state index contributed by atoms with van der Waals surface area (Å²) in [6.45, 7) is 3.78.